The molecular formula is C25H30O8. The third-order valence-corrected chi connectivity index (χ3v) is 4.34. The summed E-state index contributed by atoms with van der Waals surface area (Å²) in [7, 11) is 0. The highest BCUT2D eigenvalue weighted by atomic mass is 17.3. The van der Waals surface area contributed by atoms with E-state index >= 15 is 0 Å². The van der Waals surface area contributed by atoms with E-state index in [9.17, 15) is 9.59 Å². The Morgan fingerprint density at radius 3 is 1.39 bits per heavy atom. The molecule has 8 nitrogen and oxygen atoms in total. The lowest BCUT2D eigenvalue weighted by Gasteiger charge is -2.12. The molecule has 0 fully saturated rings. The average molecular weight is 459 g/mol. The fourth-order valence-electron chi connectivity index (χ4n) is 2.41. The monoisotopic (exact) mass is 458 g/mol. The van der Waals surface area contributed by atoms with Crippen LogP contribution in [-0.2, 0) is 19.6 Å². The first kappa shape index (κ1) is 26.2. The topological polar surface area (TPSA) is 89.5 Å². The predicted molar refractivity (Wildman–Crippen MR) is 120 cm³/mol. The quantitative estimate of drug-likeness (QED) is 0.193. The summed E-state index contributed by atoms with van der Waals surface area (Å²) >= 11 is 0. The molecule has 0 aromatic heterocycles. The van der Waals surface area contributed by atoms with Crippen LogP contribution in [0.3, 0.4) is 0 Å². The summed E-state index contributed by atoms with van der Waals surface area (Å²) in [6, 6.07) is 12.8. The molecule has 0 atom stereocenters. The SMILES string of the molecule is [CH2]C[C](OOC(=O)c1ccc(OCCCC)cc1)OOC(=O)c1ccc(OCCCC)cc1. The molecule has 0 unspecified atom stereocenters. The molecule has 33 heavy (non-hydrogen) atoms. The van der Waals surface area contributed by atoms with Gasteiger partial charge in [-0.3, -0.25) is 9.78 Å². The molecule has 0 heterocycles. The molecule has 2 rings (SSSR count). The first-order chi connectivity index (χ1) is 16.1. The number of ether oxygens (including phenoxy) is 2. The molecule has 0 aliphatic heterocycles. The molecule has 0 N–H and O–H groups in total. The van der Waals surface area contributed by atoms with Crippen LogP contribution in [-0.4, -0.2) is 25.2 Å². The van der Waals surface area contributed by atoms with Gasteiger partial charge >= 0.3 is 18.2 Å². The normalized spacial score (nSPS) is 10.7. The molecular weight excluding hydrogens is 428 g/mol. The maximum absolute atomic E-state index is 12.1. The Kier molecular flexibility index (Phi) is 11.8. The summed E-state index contributed by atoms with van der Waals surface area (Å²) < 4.78 is 11.1. The van der Waals surface area contributed by atoms with Gasteiger partial charge in [0.2, 0.25) is 0 Å². The number of hydrogen-bond donors (Lipinski definition) is 0. The Bertz CT molecular complexity index is 763. The largest absolute Gasteiger partial charge is 0.494 e. The summed E-state index contributed by atoms with van der Waals surface area (Å²) in [6.45, 7) is 8.95. The Hall–Kier alpha value is -3.10. The van der Waals surface area contributed by atoms with Gasteiger partial charge in [-0.2, -0.15) is 0 Å². The molecule has 0 aliphatic carbocycles. The van der Waals surface area contributed by atoms with E-state index < -0.39 is 11.9 Å². The van der Waals surface area contributed by atoms with Crippen LogP contribution in [0.2, 0.25) is 0 Å². The number of rotatable bonds is 15. The van der Waals surface area contributed by atoms with Gasteiger partial charge in [-0.25, -0.2) is 9.59 Å². The van der Waals surface area contributed by atoms with Crippen LogP contribution in [0.4, 0.5) is 0 Å². The van der Waals surface area contributed by atoms with Crippen molar-refractivity contribution in [2.24, 2.45) is 0 Å². The second kappa shape index (κ2) is 14.9. The van der Waals surface area contributed by atoms with Crippen LogP contribution in [0.5, 0.6) is 11.5 Å². The van der Waals surface area contributed by atoms with E-state index in [-0.39, 0.29) is 23.8 Å². The van der Waals surface area contributed by atoms with Gasteiger partial charge in [0.1, 0.15) is 11.5 Å². The van der Waals surface area contributed by atoms with E-state index in [1.165, 1.54) is 0 Å². The van der Waals surface area contributed by atoms with Gasteiger partial charge in [-0.1, -0.05) is 26.7 Å². The van der Waals surface area contributed by atoms with Crippen molar-refractivity contribution in [1.82, 2.24) is 0 Å². The maximum atomic E-state index is 12.1. The zero-order chi connectivity index (χ0) is 23.9. The average Bonchev–Trinajstić information content (AvgIpc) is 2.85. The van der Waals surface area contributed by atoms with E-state index in [4.69, 9.17) is 29.0 Å². The Morgan fingerprint density at radius 1 is 0.667 bits per heavy atom. The smallest absolute Gasteiger partial charge is 0.373 e. The molecule has 2 aromatic carbocycles. The summed E-state index contributed by atoms with van der Waals surface area (Å²) in [5.41, 5.74) is 0.499. The molecule has 0 bridgehead atoms. The number of carbonyl (C=O) groups excluding carboxylic acids is 2. The van der Waals surface area contributed by atoms with Crippen LogP contribution in [0.1, 0.15) is 66.7 Å². The van der Waals surface area contributed by atoms with Crippen molar-refractivity contribution in [3.63, 3.8) is 0 Å². The first-order valence-electron chi connectivity index (χ1n) is 11.0. The second-order valence-corrected chi connectivity index (χ2v) is 6.98. The van der Waals surface area contributed by atoms with Crippen molar-refractivity contribution in [1.29, 1.82) is 0 Å². The summed E-state index contributed by atoms with van der Waals surface area (Å²) in [6.07, 6.45) is 3.61. The van der Waals surface area contributed by atoms with Crippen LogP contribution in [0, 0.1) is 13.2 Å². The van der Waals surface area contributed by atoms with Crippen molar-refractivity contribution < 1.29 is 38.6 Å². The van der Waals surface area contributed by atoms with Crippen molar-refractivity contribution in [3.8, 4) is 11.5 Å². The lowest BCUT2D eigenvalue weighted by molar-refractivity contribution is -0.362. The van der Waals surface area contributed by atoms with Crippen LogP contribution in [0.15, 0.2) is 48.5 Å². The third-order valence-electron chi connectivity index (χ3n) is 4.34. The number of carbonyl (C=O) groups is 2. The van der Waals surface area contributed by atoms with E-state index in [2.05, 4.69) is 20.8 Å². The fourth-order valence-corrected chi connectivity index (χ4v) is 2.41. The summed E-state index contributed by atoms with van der Waals surface area (Å²) in [4.78, 5) is 43.4. The van der Waals surface area contributed by atoms with Gasteiger partial charge in [0, 0.05) is 6.42 Å². The van der Waals surface area contributed by atoms with Gasteiger partial charge in [-0.05, 0) is 68.3 Å². The standard InChI is InChI=1S/C25H30O8/c1-4-7-17-28-21-13-9-19(10-14-21)24(26)32-30-23(6-3)31-33-25(27)20-11-15-22(16-12-20)29-18-8-5-2/h9-16H,3-8,17-18H2,1-2H3. The number of benzene rings is 2. The van der Waals surface area contributed by atoms with E-state index in [1.54, 1.807) is 48.5 Å². The van der Waals surface area contributed by atoms with Crippen LogP contribution >= 0.6 is 0 Å². The Labute approximate surface area is 194 Å². The van der Waals surface area contributed by atoms with Gasteiger partial charge in [-0.15, -0.1) is 9.78 Å². The first-order valence-corrected chi connectivity index (χ1v) is 11.0. The molecule has 0 aliphatic rings. The zero-order valence-electron chi connectivity index (χ0n) is 19.0. The molecule has 0 saturated carbocycles. The highest BCUT2D eigenvalue weighted by Crippen LogP contribution is 2.18. The van der Waals surface area contributed by atoms with Gasteiger partial charge in [0.15, 0.2) is 0 Å². The van der Waals surface area contributed by atoms with Crippen molar-refractivity contribution in [3.05, 3.63) is 72.9 Å². The number of hydrogen-bond acceptors (Lipinski definition) is 8. The van der Waals surface area contributed by atoms with E-state index in [0.29, 0.717) is 24.7 Å². The Balaban J connectivity index is 1.75. The maximum Gasteiger partial charge on any atom is 0.373 e. The molecule has 2 aromatic rings. The minimum atomic E-state index is -0.755. The zero-order valence-corrected chi connectivity index (χ0v) is 19.0. The van der Waals surface area contributed by atoms with Gasteiger partial charge in [0.05, 0.1) is 24.3 Å². The molecule has 0 saturated heterocycles. The predicted octanol–water partition coefficient (Wildman–Crippen LogP) is 5.64. The van der Waals surface area contributed by atoms with Crippen molar-refractivity contribution in [2.75, 3.05) is 13.2 Å². The summed E-state index contributed by atoms with van der Waals surface area (Å²) in [5.74, 6) is -0.201. The number of unbranched alkanes of at least 4 members (excludes halogenated alkanes) is 2. The summed E-state index contributed by atoms with van der Waals surface area (Å²) in [5, 5.41) is 0. The lowest BCUT2D eigenvalue weighted by atomic mass is 10.2. The molecule has 0 spiro atoms. The van der Waals surface area contributed by atoms with E-state index in [0.717, 1.165) is 25.7 Å². The van der Waals surface area contributed by atoms with Gasteiger partial charge < -0.3 is 9.47 Å². The molecule has 8 heteroatoms. The Morgan fingerprint density at radius 2 is 1.06 bits per heavy atom. The van der Waals surface area contributed by atoms with E-state index in [1.807, 2.05) is 0 Å². The van der Waals surface area contributed by atoms with Crippen LogP contribution < -0.4 is 9.47 Å². The minimum absolute atomic E-state index is 0.0605. The van der Waals surface area contributed by atoms with Crippen molar-refractivity contribution >= 4 is 11.9 Å². The second-order valence-electron chi connectivity index (χ2n) is 6.98. The van der Waals surface area contributed by atoms with Crippen LogP contribution in [0.25, 0.3) is 0 Å². The molecule has 0 amide bonds. The minimum Gasteiger partial charge on any atom is -0.494 e. The molecule has 178 valence electrons. The van der Waals surface area contributed by atoms with Crippen molar-refractivity contribution in [2.45, 2.75) is 46.0 Å². The third kappa shape index (κ3) is 9.51. The highest BCUT2D eigenvalue weighted by Gasteiger charge is 2.20. The lowest BCUT2D eigenvalue weighted by Crippen LogP contribution is -2.15. The fraction of sp³-hybridized carbons (Fsp3) is 0.360. The molecule has 2 radical (unpaired) electrons. The van der Waals surface area contributed by atoms with Gasteiger partial charge in [0.25, 0.3) is 0 Å². The highest BCUT2D eigenvalue weighted by molar-refractivity contribution is 5.89.